The number of aryl methyl sites for hydroxylation is 1. The minimum Gasteiger partial charge on any atom is -0.317 e. The van der Waals surface area contributed by atoms with Gasteiger partial charge in [-0.1, -0.05) is 45.0 Å². The quantitative estimate of drug-likeness (QED) is 0.388. The second-order valence-corrected chi connectivity index (χ2v) is 8.99. The van der Waals surface area contributed by atoms with E-state index < -0.39 is 0 Å². The van der Waals surface area contributed by atoms with Crippen molar-refractivity contribution < 1.29 is 4.79 Å². The van der Waals surface area contributed by atoms with E-state index in [4.69, 9.17) is 0 Å². The number of carbonyl (C=O) groups excluding carboxylic acids is 1. The van der Waals surface area contributed by atoms with Gasteiger partial charge in [-0.05, 0) is 71.1 Å². The van der Waals surface area contributed by atoms with Gasteiger partial charge in [-0.2, -0.15) is 5.10 Å². The first-order valence-electron chi connectivity index (χ1n) is 9.56. The molecule has 0 aliphatic heterocycles. The number of aromatic nitrogens is 1. The summed E-state index contributed by atoms with van der Waals surface area (Å²) in [5.41, 5.74) is 8.66. The zero-order valence-corrected chi connectivity index (χ0v) is 19.0. The zero-order chi connectivity index (χ0) is 21.2. The van der Waals surface area contributed by atoms with Crippen LogP contribution in [0.25, 0.3) is 5.69 Å². The van der Waals surface area contributed by atoms with E-state index in [1.54, 1.807) is 6.21 Å². The second kappa shape index (κ2) is 8.37. The summed E-state index contributed by atoms with van der Waals surface area (Å²) < 4.78 is 3.19. The van der Waals surface area contributed by atoms with Gasteiger partial charge in [0.2, 0.25) is 0 Å². The van der Waals surface area contributed by atoms with Crippen molar-refractivity contribution in [2.45, 2.75) is 40.0 Å². The van der Waals surface area contributed by atoms with Gasteiger partial charge in [-0.3, -0.25) is 4.79 Å². The molecule has 0 aliphatic rings. The third kappa shape index (κ3) is 4.67. The highest BCUT2D eigenvalue weighted by Gasteiger charge is 2.14. The van der Waals surface area contributed by atoms with Crippen LogP contribution in [0.2, 0.25) is 0 Å². The normalized spacial score (nSPS) is 11.8. The SMILES string of the molecule is Cc1cc(/C=N\NC(=O)c2ccc(C(C)(C)C)cc2)c(C)n1-c1ccccc1Br. The molecule has 1 amide bonds. The maximum atomic E-state index is 12.4. The predicted molar refractivity (Wildman–Crippen MR) is 123 cm³/mol. The lowest BCUT2D eigenvalue weighted by atomic mass is 9.87. The number of para-hydroxylation sites is 1. The van der Waals surface area contributed by atoms with Crippen LogP contribution in [-0.2, 0) is 5.41 Å². The average Bonchev–Trinajstić information content (AvgIpc) is 2.95. The van der Waals surface area contributed by atoms with Crippen molar-refractivity contribution in [3.63, 3.8) is 0 Å². The lowest BCUT2D eigenvalue weighted by Crippen LogP contribution is -2.18. The van der Waals surface area contributed by atoms with Gasteiger partial charge < -0.3 is 4.57 Å². The van der Waals surface area contributed by atoms with Crippen LogP contribution in [0, 0.1) is 13.8 Å². The molecule has 0 saturated carbocycles. The number of hydrogen-bond acceptors (Lipinski definition) is 2. The van der Waals surface area contributed by atoms with Crippen molar-refractivity contribution >= 4 is 28.1 Å². The number of rotatable bonds is 4. The fourth-order valence-electron chi connectivity index (χ4n) is 3.27. The van der Waals surface area contributed by atoms with E-state index >= 15 is 0 Å². The molecule has 4 nitrogen and oxygen atoms in total. The Hall–Kier alpha value is -2.66. The molecule has 0 unspecified atom stereocenters. The molecule has 2 aromatic carbocycles. The van der Waals surface area contributed by atoms with Crippen LogP contribution in [-0.4, -0.2) is 16.7 Å². The van der Waals surface area contributed by atoms with Gasteiger partial charge in [-0.25, -0.2) is 5.43 Å². The summed E-state index contributed by atoms with van der Waals surface area (Å²) in [5, 5.41) is 4.17. The topological polar surface area (TPSA) is 46.4 Å². The van der Waals surface area contributed by atoms with Gasteiger partial charge in [0.1, 0.15) is 0 Å². The number of nitrogens with one attached hydrogen (secondary N) is 1. The van der Waals surface area contributed by atoms with E-state index in [2.05, 4.69) is 70.9 Å². The Morgan fingerprint density at radius 2 is 1.72 bits per heavy atom. The summed E-state index contributed by atoms with van der Waals surface area (Å²) in [6.07, 6.45) is 1.69. The summed E-state index contributed by atoms with van der Waals surface area (Å²) >= 11 is 3.61. The molecule has 5 heteroatoms. The third-order valence-electron chi connectivity index (χ3n) is 4.95. The Bertz CT molecular complexity index is 1060. The first-order chi connectivity index (χ1) is 13.7. The van der Waals surface area contributed by atoms with Crippen LogP contribution < -0.4 is 5.43 Å². The minimum atomic E-state index is -0.221. The Balaban J connectivity index is 1.75. The van der Waals surface area contributed by atoms with Crippen LogP contribution in [0.5, 0.6) is 0 Å². The number of hydrogen-bond donors (Lipinski definition) is 1. The van der Waals surface area contributed by atoms with Crippen LogP contribution in [0.3, 0.4) is 0 Å². The highest BCUT2D eigenvalue weighted by molar-refractivity contribution is 9.10. The fraction of sp³-hybridized carbons (Fsp3) is 0.250. The molecular formula is C24H26BrN3O. The summed E-state index contributed by atoms with van der Waals surface area (Å²) in [5.74, 6) is -0.221. The molecule has 0 radical (unpaired) electrons. The lowest BCUT2D eigenvalue weighted by Gasteiger charge is -2.18. The molecule has 1 heterocycles. The zero-order valence-electron chi connectivity index (χ0n) is 17.5. The van der Waals surface area contributed by atoms with Crippen LogP contribution in [0.15, 0.2) is 64.2 Å². The van der Waals surface area contributed by atoms with Gasteiger partial charge >= 0.3 is 0 Å². The van der Waals surface area contributed by atoms with Gasteiger partial charge in [0.05, 0.1) is 11.9 Å². The van der Waals surface area contributed by atoms with E-state index in [0.29, 0.717) is 5.56 Å². The number of nitrogens with zero attached hydrogens (tertiary/aromatic N) is 2. The number of halogens is 1. The van der Waals surface area contributed by atoms with E-state index in [0.717, 1.165) is 27.1 Å². The number of amides is 1. The van der Waals surface area contributed by atoms with Gasteiger partial charge in [0.25, 0.3) is 5.91 Å². The molecule has 1 N–H and O–H groups in total. The van der Waals surface area contributed by atoms with Crippen molar-refractivity contribution in [1.29, 1.82) is 0 Å². The Morgan fingerprint density at radius 1 is 1.07 bits per heavy atom. The van der Waals surface area contributed by atoms with E-state index in [1.165, 1.54) is 5.56 Å². The van der Waals surface area contributed by atoms with Crippen LogP contribution in [0.1, 0.15) is 53.6 Å². The summed E-state index contributed by atoms with van der Waals surface area (Å²) in [7, 11) is 0. The van der Waals surface area contributed by atoms with Crippen molar-refractivity contribution in [2.75, 3.05) is 0 Å². The Kier molecular flexibility index (Phi) is 6.08. The standard InChI is InChI=1S/C24H26BrN3O/c1-16-14-19(17(2)28(16)22-9-7-6-8-21(22)25)15-26-27-23(29)18-10-12-20(13-11-18)24(3,4)5/h6-15H,1-5H3,(H,27,29)/b26-15-. The molecule has 0 saturated heterocycles. The average molecular weight is 452 g/mol. The van der Waals surface area contributed by atoms with Gasteiger partial charge in [-0.15, -0.1) is 0 Å². The lowest BCUT2D eigenvalue weighted by molar-refractivity contribution is 0.0955. The molecule has 3 rings (SSSR count). The number of benzene rings is 2. The van der Waals surface area contributed by atoms with Crippen molar-refractivity contribution in [3.05, 3.63) is 87.1 Å². The highest BCUT2D eigenvalue weighted by atomic mass is 79.9. The molecule has 1 aromatic heterocycles. The number of carbonyl (C=O) groups is 1. The molecule has 3 aromatic rings. The smallest absolute Gasteiger partial charge is 0.271 e. The molecule has 150 valence electrons. The Labute approximate surface area is 180 Å². The predicted octanol–water partition coefficient (Wildman–Crippen LogP) is 5.92. The maximum absolute atomic E-state index is 12.4. The first kappa shape index (κ1) is 21.1. The molecule has 29 heavy (non-hydrogen) atoms. The van der Waals surface area contributed by atoms with Gasteiger partial charge in [0.15, 0.2) is 0 Å². The minimum absolute atomic E-state index is 0.0590. The molecule has 0 bridgehead atoms. The van der Waals surface area contributed by atoms with Gasteiger partial charge in [0, 0.05) is 27.0 Å². The Morgan fingerprint density at radius 3 is 2.34 bits per heavy atom. The maximum Gasteiger partial charge on any atom is 0.271 e. The van der Waals surface area contributed by atoms with Crippen molar-refractivity contribution in [2.24, 2.45) is 5.10 Å². The highest BCUT2D eigenvalue weighted by Crippen LogP contribution is 2.26. The summed E-state index contributed by atoms with van der Waals surface area (Å²) in [4.78, 5) is 12.4. The second-order valence-electron chi connectivity index (χ2n) is 8.14. The molecule has 0 aliphatic carbocycles. The molecular weight excluding hydrogens is 426 g/mol. The summed E-state index contributed by atoms with van der Waals surface area (Å²) in [6, 6.07) is 17.8. The summed E-state index contributed by atoms with van der Waals surface area (Å²) in [6.45, 7) is 10.5. The van der Waals surface area contributed by atoms with Crippen LogP contribution >= 0.6 is 15.9 Å². The first-order valence-corrected chi connectivity index (χ1v) is 10.4. The molecule has 0 atom stereocenters. The van der Waals surface area contributed by atoms with Crippen molar-refractivity contribution in [1.82, 2.24) is 9.99 Å². The van der Waals surface area contributed by atoms with Crippen LogP contribution in [0.4, 0.5) is 0 Å². The van der Waals surface area contributed by atoms with Crippen molar-refractivity contribution in [3.8, 4) is 5.69 Å². The van der Waals surface area contributed by atoms with E-state index in [1.807, 2.05) is 49.4 Å². The number of hydrazone groups is 1. The molecule has 0 fully saturated rings. The fourth-order valence-corrected chi connectivity index (χ4v) is 3.73. The largest absolute Gasteiger partial charge is 0.317 e. The third-order valence-corrected chi connectivity index (χ3v) is 5.62. The molecule has 0 spiro atoms. The monoisotopic (exact) mass is 451 g/mol. The van der Waals surface area contributed by atoms with E-state index in [9.17, 15) is 4.79 Å². The van der Waals surface area contributed by atoms with E-state index in [-0.39, 0.29) is 11.3 Å².